The first kappa shape index (κ1) is 6.18. The van der Waals surface area contributed by atoms with Crippen LogP contribution in [0.5, 0.6) is 0 Å². The van der Waals surface area contributed by atoms with Gasteiger partial charge >= 0.3 is 6.29 Å². The van der Waals surface area contributed by atoms with E-state index in [1.54, 1.807) is 0 Å². The van der Waals surface area contributed by atoms with Gasteiger partial charge in [0.1, 0.15) is 6.29 Å². The molecule has 5 nitrogen and oxygen atoms in total. The zero-order chi connectivity index (χ0) is 6.69. The maximum absolute atomic E-state index is 10.4. The van der Waals surface area contributed by atoms with Crippen LogP contribution in [0.2, 0.25) is 0 Å². The molecule has 5 heteroatoms. The molecule has 1 N–H and O–H groups in total. The lowest BCUT2D eigenvalue weighted by Crippen LogP contribution is -2.29. The van der Waals surface area contributed by atoms with Crippen LogP contribution in [0.1, 0.15) is 0 Å². The minimum absolute atomic E-state index is 0.00204. The summed E-state index contributed by atoms with van der Waals surface area (Å²) in [5.74, 6) is -0.415. The van der Waals surface area contributed by atoms with Gasteiger partial charge in [0.15, 0.2) is 0 Å². The van der Waals surface area contributed by atoms with Crippen molar-refractivity contribution in [3.05, 3.63) is 0 Å². The monoisotopic (exact) mass is 131 g/mol. The highest BCUT2D eigenvalue weighted by Crippen LogP contribution is 2.10. The number of nitrogens with one attached hydrogen (secondary N) is 1. The highest BCUT2D eigenvalue weighted by Gasteiger charge is 2.34. The van der Waals surface area contributed by atoms with Gasteiger partial charge < -0.3 is 10.1 Å². The van der Waals surface area contributed by atoms with Crippen LogP contribution in [0.4, 0.5) is 0 Å². The summed E-state index contributed by atoms with van der Waals surface area (Å²) in [6.45, 7) is 0.00204. The lowest BCUT2D eigenvalue weighted by Gasteiger charge is -1.90. The quantitative estimate of drug-likeness (QED) is 0.290. The molecule has 1 heterocycles. The molecule has 9 heavy (non-hydrogen) atoms. The lowest BCUT2D eigenvalue weighted by atomic mass is 10.6. The van der Waals surface area contributed by atoms with Crippen molar-refractivity contribution in [3.8, 4) is 0 Å². The third-order valence-electron chi connectivity index (χ3n) is 0.766. The zero-order valence-corrected chi connectivity index (χ0v) is 4.49. The van der Waals surface area contributed by atoms with Crippen LogP contribution in [-0.2, 0) is 19.4 Å². The number of rotatable bonds is 3. The van der Waals surface area contributed by atoms with E-state index in [4.69, 9.17) is 0 Å². The molecule has 0 atom stereocenters. The largest absolute Gasteiger partial charge is 0.345 e. The Bertz CT molecular complexity index is 131. The van der Waals surface area contributed by atoms with E-state index in [1.807, 2.05) is 0 Å². The Morgan fingerprint density at radius 3 is 2.78 bits per heavy atom. The molecule has 1 rings (SSSR count). The van der Waals surface area contributed by atoms with Gasteiger partial charge in [-0.25, -0.2) is 0 Å². The second-order valence-electron chi connectivity index (χ2n) is 1.44. The fourth-order valence-electron chi connectivity index (χ4n) is 0.341. The van der Waals surface area contributed by atoms with Crippen LogP contribution in [0.15, 0.2) is 0 Å². The van der Waals surface area contributed by atoms with Crippen molar-refractivity contribution in [1.29, 1.82) is 0 Å². The van der Waals surface area contributed by atoms with Gasteiger partial charge in [0, 0.05) is 0 Å². The highest BCUT2D eigenvalue weighted by atomic mass is 17.4. The Morgan fingerprint density at radius 2 is 2.33 bits per heavy atom. The number of hydrogen-bond acceptors (Lipinski definition) is 4. The number of amides is 1. The third kappa shape index (κ3) is 1.79. The van der Waals surface area contributed by atoms with Crippen molar-refractivity contribution < 1.29 is 19.4 Å². The first-order chi connectivity index (χ1) is 4.34. The van der Waals surface area contributed by atoms with Crippen LogP contribution in [0, 0.1) is 0 Å². The fourth-order valence-corrected chi connectivity index (χ4v) is 0.341. The Labute approximate surface area is 50.9 Å². The number of hydrogen-bond donors (Lipinski definition) is 1. The second-order valence-corrected chi connectivity index (χ2v) is 1.44. The molecule has 1 fully saturated rings. The van der Waals surface area contributed by atoms with Gasteiger partial charge in [0.25, 0.3) is 5.91 Å². The van der Waals surface area contributed by atoms with Gasteiger partial charge in [-0.05, 0) is 0 Å². The summed E-state index contributed by atoms with van der Waals surface area (Å²) < 4.78 is 0. The summed E-state index contributed by atoms with van der Waals surface area (Å²) in [7, 11) is 0. The van der Waals surface area contributed by atoms with Gasteiger partial charge in [-0.15, -0.1) is 0 Å². The molecule has 0 aliphatic carbocycles. The van der Waals surface area contributed by atoms with E-state index >= 15 is 0 Å². The van der Waals surface area contributed by atoms with Crippen molar-refractivity contribution in [2.24, 2.45) is 0 Å². The molecule has 0 aromatic carbocycles. The molecular formula is C4H5NO4. The molecule has 1 aliphatic rings. The molecule has 0 bridgehead atoms. The summed E-state index contributed by atoms with van der Waals surface area (Å²) in [6.07, 6.45) is -0.203. The lowest BCUT2D eigenvalue weighted by molar-refractivity contribution is -0.124. The van der Waals surface area contributed by atoms with Crippen molar-refractivity contribution in [1.82, 2.24) is 5.32 Å². The molecule has 1 saturated heterocycles. The third-order valence-corrected chi connectivity index (χ3v) is 0.766. The van der Waals surface area contributed by atoms with Crippen LogP contribution in [0.25, 0.3) is 0 Å². The highest BCUT2D eigenvalue weighted by molar-refractivity contribution is 5.82. The Balaban J connectivity index is 2.10. The zero-order valence-electron chi connectivity index (χ0n) is 4.49. The SMILES string of the molecule is O=CCNC(=O)C1OO1. The smallest absolute Gasteiger partial charge is 0.301 e. The van der Waals surface area contributed by atoms with Gasteiger partial charge in [0.05, 0.1) is 6.54 Å². The average Bonchev–Trinajstić information content (AvgIpc) is 2.63. The van der Waals surface area contributed by atoms with Gasteiger partial charge in [-0.2, -0.15) is 9.78 Å². The topological polar surface area (TPSA) is 71.2 Å². The van der Waals surface area contributed by atoms with E-state index in [1.165, 1.54) is 0 Å². The first-order valence-electron chi connectivity index (χ1n) is 2.38. The van der Waals surface area contributed by atoms with E-state index in [0.717, 1.165) is 0 Å². The van der Waals surface area contributed by atoms with E-state index < -0.39 is 12.2 Å². The Kier molecular flexibility index (Phi) is 1.76. The van der Waals surface area contributed by atoms with Crippen molar-refractivity contribution in [2.75, 3.05) is 6.54 Å². The van der Waals surface area contributed by atoms with E-state index in [-0.39, 0.29) is 6.54 Å². The minimum Gasteiger partial charge on any atom is -0.345 e. The van der Waals surface area contributed by atoms with E-state index in [0.29, 0.717) is 6.29 Å². The van der Waals surface area contributed by atoms with Crippen LogP contribution in [0.3, 0.4) is 0 Å². The summed E-state index contributed by atoms with van der Waals surface area (Å²) in [4.78, 5) is 28.4. The Morgan fingerprint density at radius 1 is 1.67 bits per heavy atom. The van der Waals surface area contributed by atoms with Crippen molar-refractivity contribution in [3.63, 3.8) is 0 Å². The number of carbonyl (C=O) groups is 2. The molecule has 50 valence electrons. The second kappa shape index (κ2) is 2.56. The normalized spacial score (nSPS) is 16.9. The summed E-state index contributed by atoms with van der Waals surface area (Å²) in [5.41, 5.74) is 0. The van der Waals surface area contributed by atoms with Crippen molar-refractivity contribution in [2.45, 2.75) is 6.29 Å². The van der Waals surface area contributed by atoms with Crippen LogP contribution in [-0.4, -0.2) is 25.0 Å². The van der Waals surface area contributed by atoms with E-state index in [9.17, 15) is 9.59 Å². The summed E-state index contributed by atoms with van der Waals surface area (Å²) in [6, 6.07) is 0. The molecule has 0 aromatic rings. The predicted molar refractivity (Wildman–Crippen MR) is 25.0 cm³/mol. The van der Waals surface area contributed by atoms with Gasteiger partial charge in [-0.3, -0.25) is 4.79 Å². The molecule has 0 aromatic heterocycles. The van der Waals surface area contributed by atoms with Crippen molar-refractivity contribution >= 4 is 12.2 Å². The van der Waals surface area contributed by atoms with Gasteiger partial charge in [0.2, 0.25) is 0 Å². The number of carbonyl (C=O) groups excluding carboxylic acids is 2. The molecule has 0 saturated carbocycles. The minimum atomic E-state index is -0.787. The van der Waals surface area contributed by atoms with E-state index in [2.05, 4.69) is 15.1 Å². The molecule has 0 radical (unpaired) electrons. The summed E-state index contributed by atoms with van der Waals surface area (Å²) in [5, 5.41) is 2.24. The predicted octanol–water partition coefficient (Wildman–Crippen LogP) is -1.41. The number of aldehydes is 1. The molecule has 0 spiro atoms. The molecule has 1 aliphatic heterocycles. The maximum Gasteiger partial charge on any atom is 0.301 e. The van der Waals surface area contributed by atoms with Crippen LogP contribution < -0.4 is 5.32 Å². The fraction of sp³-hybridized carbons (Fsp3) is 0.500. The first-order valence-corrected chi connectivity index (χ1v) is 2.38. The average molecular weight is 131 g/mol. The molecule has 0 unspecified atom stereocenters. The molecular weight excluding hydrogens is 126 g/mol. The standard InChI is InChI=1S/C4H5NO4/c6-2-1-5-3(7)4-8-9-4/h2,4H,1H2,(H,5,7). The van der Waals surface area contributed by atoms with Gasteiger partial charge in [-0.1, -0.05) is 0 Å². The summed E-state index contributed by atoms with van der Waals surface area (Å²) >= 11 is 0. The maximum atomic E-state index is 10.4. The van der Waals surface area contributed by atoms with Crippen LogP contribution >= 0.6 is 0 Å². The Hall–Kier alpha value is -0.940. The molecule has 1 amide bonds.